The number of hydrogen-bond donors (Lipinski definition) is 1. The minimum atomic E-state index is -4.01. The number of sulfonamides is 1. The summed E-state index contributed by atoms with van der Waals surface area (Å²) in [5.74, 6) is -0.555. The van der Waals surface area contributed by atoms with E-state index in [0.29, 0.717) is 23.1 Å². The normalized spacial score (nSPS) is 11.6. The lowest BCUT2D eigenvalue weighted by molar-refractivity contribution is -0.385. The lowest BCUT2D eigenvalue weighted by Crippen LogP contribution is -2.41. The molecule has 1 amide bonds. The molecule has 3 aromatic carbocycles. The number of amides is 1. The molecule has 0 aliphatic carbocycles. The Morgan fingerprint density at radius 1 is 1.08 bits per heavy atom. The largest absolute Gasteiger partial charge is 0.490 e. The Bertz CT molecular complexity index is 1430. The van der Waals surface area contributed by atoms with Gasteiger partial charge in [0.2, 0.25) is 10.0 Å². The van der Waals surface area contributed by atoms with E-state index in [0.717, 1.165) is 15.4 Å². The Labute approximate surface area is 222 Å². The number of carbonyl (C=O) groups is 1. The minimum absolute atomic E-state index is 0.0842. The second kappa shape index (κ2) is 12.4. The molecule has 0 atom stereocenters. The van der Waals surface area contributed by atoms with Gasteiger partial charge in [0.05, 0.1) is 29.7 Å². The highest BCUT2D eigenvalue weighted by Crippen LogP contribution is 2.27. The monoisotopic (exact) mass is 538 g/mol. The molecule has 0 spiro atoms. The first kappa shape index (κ1) is 28.5. The molecule has 0 aliphatic heterocycles. The van der Waals surface area contributed by atoms with Crippen molar-refractivity contribution in [2.75, 3.05) is 20.2 Å². The molecule has 1 N–H and O–H groups in total. The molecular weight excluding hydrogens is 508 g/mol. The van der Waals surface area contributed by atoms with Crippen LogP contribution in [-0.2, 0) is 21.2 Å². The molecule has 11 heteroatoms. The summed E-state index contributed by atoms with van der Waals surface area (Å²) in [4.78, 5) is 23.6. The van der Waals surface area contributed by atoms with Crippen LogP contribution in [-0.4, -0.2) is 50.0 Å². The molecule has 38 heavy (non-hydrogen) atoms. The topological polar surface area (TPSA) is 131 Å². The van der Waals surface area contributed by atoms with Crippen LogP contribution in [0.15, 0.2) is 70.7 Å². The Morgan fingerprint density at radius 3 is 2.34 bits per heavy atom. The van der Waals surface area contributed by atoms with Crippen LogP contribution in [0.1, 0.15) is 27.8 Å². The van der Waals surface area contributed by atoms with Crippen LogP contribution in [0.4, 0.5) is 5.69 Å². The summed E-state index contributed by atoms with van der Waals surface area (Å²) in [6.07, 6.45) is 1.65. The van der Waals surface area contributed by atoms with Gasteiger partial charge in [-0.25, -0.2) is 13.8 Å². The number of aryl methyl sites for hydroxylation is 3. The minimum Gasteiger partial charge on any atom is -0.490 e. The number of hydrazone groups is 1. The summed E-state index contributed by atoms with van der Waals surface area (Å²) in [7, 11) is -2.69. The molecule has 0 heterocycles. The van der Waals surface area contributed by atoms with Crippen LogP contribution >= 0.6 is 0 Å². The highest BCUT2D eigenvalue weighted by molar-refractivity contribution is 7.89. The SMILES string of the molecule is COc1ccc(/C=N/NC(=O)CN(CCc2ccccc2)S(=O)(=O)c2c(C)cc(C)cc2C)cc1[N+](=O)[O-]. The maximum Gasteiger partial charge on any atom is 0.311 e. The van der Waals surface area contributed by atoms with E-state index in [1.165, 1.54) is 25.5 Å². The average molecular weight is 539 g/mol. The third kappa shape index (κ3) is 7.02. The number of hydrogen-bond acceptors (Lipinski definition) is 7. The zero-order valence-electron chi connectivity index (χ0n) is 21.7. The molecule has 0 saturated heterocycles. The highest BCUT2D eigenvalue weighted by Gasteiger charge is 2.29. The number of carbonyl (C=O) groups excluding carboxylic acids is 1. The van der Waals surface area contributed by atoms with E-state index < -0.39 is 27.4 Å². The predicted octanol–water partition coefficient (Wildman–Crippen LogP) is 3.91. The molecule has 3 aromatic rings. The van der Waals surface area contributed by atoms with Gasteiger partial charge in [-0.1, -0.05) is 48.0 Å². The van der Waals surface area contributed by atoms with Crippen molar-refractivity contribution in [1.29, 1.82) is 0 Å². The zero-order chi connectivity index (χ0) is 27.9. The number of nitro groups is 1. The van der Waals surface area contributed by atoms with Crippen LogP contribution in [0.3, 0.4) is 0 Å². The fourth-order valence-electron chi connectivity index (χ4n) is 4.19. The van der Waals surface area contributed by atoms with Gasteiger partial charge in [0, 0.05) is 18.2 Å². The van der Waals surface area contributed by atoms with Gasteiger partial charge in [0.25, 0.3) is 5.91 Å². The number of rotatable bonds is 11. The van der Waals surface area contributed by atoms with E-state index in [4.69, 9.17) is 4.74 Å². The van der Waals surface area contributed by atoms with Crippen LogP contribution in [0.5, 0.6) is 5.75 Å². The Kier molecular flexibility index (Phi) is 9.32. The second-order valence-electron chi connectivity index (χ2n) is 8.78. The Morgan fingerprint density at radius 2 is 1.74 bits per heavy atom. The fraction of sp³-hybridized carbons (Fsp3) is 0.259. The van der Waals surface area contributed by atoms with Crippen molar-refractivity contribution in [1.82, 2.24) is 9.73 Å². The molecule has 0 fully saturated rings. The quantitative estimate of drug-likeness (QED) is 0.224. The number of nitrogens with zero attached hydrogens (tertiary/aromatic N) is 3. The molecule has 0 bridgehead atoms. The molecule has 0 aromatic heterocycles. The highest BCUT2D eigenvalue weighted by atomic mass is 32.2. The van der Waals surface area contributed by atoms with E-state index in [1.807, 2.05) is 37.3 Å². The molecule has 3 rings (SSSR count). The maximum atomic E-state index is 13.7. The average Bonchev–Trinajstić information content (AvgIpc) is 2.86. The summed E-state index contributed by atoms with van der Waals surface area (Å²) < 4.78 is 33.6. The van der Waals surface area contributed by atoms with Gasteiger partial charge in [-0.15, -0.1) is 0 Å². The third-order valence-corrected chi connectivity index (χ3v) is 7.97. The maximum absolute atomic E-state index is 13.7. The van der Waals surface area contributed by atoms with Gasteiger partial charge in [-0.3, -0.25) is 14.9 Å². The number of ether oxygens (including phenoxy) is 1. The Hall–Kier alpha value is -4.09. The molecule has 0 unspecified atom stereocenters. The fourth-order valence-corrected chi connectivity index (χ4v) is 6.00. The van der Waals surface area contributed by atoms with E-state index in [2.05, 4.69) is 10.5 Å². The summed E-state index contributed by atoms with van der Waals surface area (Å²) in [6.45, 7) is 5.00. The first-order valence-corrected chi connectivity index (χ1v) is 13.2. The van der Waals surface area contributed by atoms with Gasteiger partial charge in [-0.05, 0) is 56.0 Å². The van der Waals surface area contributed by atoms with Crippen LogP contribution in [0.25, 0.3) is 0 Å². The van der Waals surface area contributed by atoms with Gasteiger partial charge in [-0.2, -0.15) is 9.41 Å². The van der Waals surface area contributed by atoms with Crippen molar-refractivity contribution in [3.05, 3.63) is 98.6 Å². The van der Waals surface area contributed by atoms with E-state index in [-0.39, 0.29) is 22.9 Å². The number of benzene rings is 3. The number of nitro benzene ring substituents is 1. The van der Waals surface area contributed by atoms with Gasteiger partial charge in [0.15, 0.2) is 5.75 Å². The summed E-state index contributed by atoms with van der Waals surface area (Å²) in [5.41, 5.74) is 5.52. The number of methoxy groups -OCH3 is 1. The standard InChI is InChI=1S/C27H30N4O6S/c1-19-14-20(2)27(21(3)15-19)38(35,36)30(13-12-22-8-6-5-7-9-22)18-26(32)29-28-17-23-10-11-25(37-4)24(16-23)31(33)34/h5-11,14-17H,12-13,18H2,1-4H3,(H,29,32)/b28-17+. The first-order valence-electron chi connectivity index (χ1n) is 11.8. The third-order valence-electron chi connectivity index (χ3n) is 5.82. The molecule has 0 radical (unpaired) electrons. The zero-order valence-corrected chi connectivity index (χ0v) is 22.5. The second-order valence-corrected chi connectivity index (χ2v) is 10.7. The molecule has 200 valence electrons. The predicted molar refractivity (Wildman–Crippen MR) is 145 cm³/mol. The number of nitrogens with one attached hydrogen (secondary N) is 1. The van der Waals surface area contributed by atoms with Gasteiger partial charge in [0.1, 0.15) is 0 Å². The van der Waals surface area contributed by atoms with Crippen molar-refractivity contribution in [3.63, 3.8) is 0 Å². The summed E-state index contributed by atoms with van der Waals surface area (Å²) in [5, 5.41) is 15.1. The molecule has 0 saturated carbocycles. The summed E-state index contributed by atoms with van der Waals surface area (Å²) >= 11 is 0. The van der Waals surface area contributed by atoms with Gasteiger partial charge < -0.3 is 4.74 Å². The summed E-state index contributed by atoms with van der Waals surface area (Å²) in [6, 6.07) is 17.2. The van der Waals surface area contributed by atoms with Crippen molar-refractivity contribution >= 4 is 27.8 Å². The van der Waals surface area contributed by atoms with E-state index in [9.17, 15) is 23.3 Å². The van der Waals surface area contributed by atoms with Crippen molar-refractivity contribution in [2.45, 2.75) is 32.1 Å². The van der Waals surface area contributed by atoms with E-state index >= 15 is 0 Å². The Balaban J connectivity index is 1.82. The van der Waals surface area contributed by atoms with Crippen molar-refractivity contribution < 1.29 is 22.9 Å². The smallest absolute Gasteiger partial charge is 0.311 e. The first-order chi connectivity index (χ1) is 18.0. The van der Waals surface area contributed by atoms with E-state index in [1.54, 1.807) is 32.0 Å². The molecule has 10 nitrogen and oxygen atoms in total. The van der Waals surface area contributed by atoms with Crippen LogP contribution in [0.2, 0.25) is 0 Å². The lowest BCUT2D eigenvalue weighted by atomic mass is 10.1. The van der Waals surface area contributed by atoms with Crippen molar-refractivity contribution in [3.8, 4) is 5.75 Å². The van der Waals surface area contributed by atoms with Crippen LogP contribution < -0.4 is 10.2 Å². The lowest BCUT2D eigenvalue weighted by Gasteiger charge is -2.24. The van der Waals surface area contributed by atoms with Gasteiger partial charge >= 0.3 is 5.69 Å². The van der Waals surface area contributed by atoms with Crippen LogP contribution in [0, 0.1) is 30.9 Å². The van der Waals surface area contributed by atoms with Crippen molar-refractivity contribution in [2.24, 2.45) is 5.10 Å². The molecule has 0 aliphatic rings. The molecular formula is C27H30N4O6S.